The molecule has 0 fully saturated rings. The maximum atomic E-state index is 3.98. The van der Waals surface area contributed by atoms with Crippen molar-refractivity contribution in [3.63, 3.8) is 0 Å². The van der Waals surface area contributed by atoms with E-state index in [1.165, 1.54) is 11.1 Å². The van der Waals surface area contributed by atoms with Gasteiger partial charge < -0.3 is 4.90 Å². The van der Waals surface area contributed by atoms with E-state index >= 15 is 0 Å². The van der Waals surface area contributed by atoms with Gasteiger partial charge in [-0.2, -0.15) is 12.2 Å². The van der Waals surface area contributed by atoms with Crippen molar-refractivity contribution in [1.29, 1.82) is 0 Å². The molecule has 0 bridgehead atoms. The summed E-state index contributed by atoms with van der Waals surface area (Å²) in [5.41, 5.74) is 4.55. The van der Waals surface area contributed by atoms with Gasteiger partial charge in [0, 0.05) is 39.8 Å². The Morgan fingerprint density at radius 3 is 2.62 bits per heavy atom. The summed E-state index contributed by atoms with van der Waals surface area (Å²) in [6.07, 6.45) is 7.14. The van der Waals surface area contributed by atoms with E-state index in [4.69, 9.17) is 0 Å². The fraction of sp³-hybridized carbons (Fsp3) is 0.143. The molecule has 0 aromatic heterocycles. The van der Waals surface area contributed by atoms with E-state index in [2.05, 4.69) is 36.6 Å². The zero-order valence-corrected chi connectivity index (χ0v) is 12.5. The Kier molecular flexibility index (Phi) is 4.70. The van der Waals surface area contributed by atoms with Crippen molar-refractivity contribution < 1.29 is 32.7 Å². The fourth-order valence-corrected chi connectivity index (χ4v) is 1.67. The number of rotatable bonds is 1. The van der Waals surface area contributed by atoms with Crippen molar-refractivity contribution >= 4 is 5.70 Å². The van der Waals surface area contributed by atoms with Crippen molar-refractivity contribution in [2.45, 2.75) is 6.92 Å². The van der Waals surface area contributed by atoms with Gasteiger partial charge in [0.05, 0.1) is 0 Å². The molecule has 1 radical (unpaired) electrons. The standard InChI is InChI=1S/C14H14N.Y/c1-11-7-4-5-9-13(11)14-10-6-8-12(2)15(14)3;/h4-9H,2H2,1,3H3;/q-1;. The van der Waals surface area contributed by atoms with Gasteiger partial charge in [-0.1, -0.05) is 48.5 Å². The molecule has 1 aromatic rings. The first kappa shape index (κ1) is 13.4. The van der Waals surface area contributed by atoms with Crippen LogP contribution in [0, 0.1) is 13.0 Å². The Hall–Kier alpha value is -0.656. The second-order valence-electron chi connectivity index (χ2n) is 3.69. The van der Waals surface area contributed by atoms with Gasteiger partial charge in [-0.05, 0) is 5.70 Å². The van der Waals surface area contributed by atoms with Gasteiger partial charge in [0.25, 0.3) is 0 Å². The van der Waals surface area contributed by atoms with Gasteiger partial charge in [-0.3, -0.25) is 0 Å². The molecule has 0 saturated carbocycles. The molecular weight excluding hydrogens is 271 g/mol. The van der Waals surface area contributed by atoms with Crippen LogP contribution in [0.2, 0.25) is 0 Å². The Labute approximate surface area is 122 Å². The first-order valence-electron chi connectivity index (χ1n) is 4.99. The molecule has 2 heteroatoms. The molecule has 16 heavy (non-hydrogen) atoms. The Morgan fingerprint density at radius 1 is 1.25 bits per heavy atom. The van der Waals surface area contributed by atoms with Crippen LogP contribution in [0.1, 0.15) is 11.1 Å². The molecule has 0 atom stereocenters. The molecule has 0 spiro atoms. The Morgan fingerprint density at radius 2 is 1.94 bits per heavy atom. The van der Waals surface area contributed by atoms with Crippen LogP contribution in [0.5, 0.6) is 0 Å². The first-order valence-corrected chi connectivity index (χ1v) is 4.99. The molecule has 1 nitrogen and oxygen atoms in total. The van der Waals surface area contributed by atoms with Crippen molar-refractivity contribution in [3.8, 4) is 0 Å². The van der Waals surface area contributed by atoms with Crippen LogP contribution in [0.3, 0.4) is 0 Å². The molecule has 0 amide bonds. The van der Waals surface area contributed by atoms with Gasteiger partial charge in [0.2, 0.25) is 0 Å². The zero-order chi connectivity index (χ0) is 10.8. The fourth-order valence-electron chi connectivity index (χ4n) is 1.67. The molecular formula is C14H14NY-. The van der Waals surface area contributed by atoms with Crippen LogP contribution in [0.25, 0.3) is 5.70 Å². The van der Waals surface area contributed by atoms with Crippen LogP contribution in [-0.4, -0.2) is 11.9 Å². The summed E-state index contributed by atoms with van der Waals surface area (Å²) in [7, 11) is 2.01. The van der Waals surface area contributed by atoms with E-state index in [-0.39, 0.29) is 32.7 Å². The average molecular weight is 285 g/mol. The third-order valence-corrected chi connectivity index (χ3v) is 2.66. The normalized spacial score (nSPS) is 14.5. The molecule has 0 aliphatic carbocycles. The van der Waals surface area contributed by atoms with E-state index < -0.39 is 0 Å². The van der Waals surface area contributed by atoms with Crippen LogP contribution >= 0.6 is 0 Å². The van der Waals surface area contributed by atoms with Crippen LogP contribution < -0.4 is 0 Å². The molecule has 1 aliphatic heterocycles. The van der Waals surface area contributed by atoms with Gasteiger partial charge >= 0.3 is 0 Å². The van der Waals surface area contributed by atoms with Crippen molar-refractivity contribution in [2.75, 3.05) is 7.05 Å². The third kappa shape index (κ3) is 2.53. The minimum atomic E-state index is 0. The largest absolute Gasteiger partial charge is 0.379 e. The Balaban J connectivity index is 0.00000128. The number of likely N-dealkylation sites (N-methyl/N-ethyl adjacent to an activating group) is 1. The van der Waals surface area contributed by atoms with E-state index in [1.54, 1.807) is 0 Å². The predicted molar refractivity (Wildman–Crippen MR) is 63.9 cm³/mol. The number of benzene rings is 1. The molecule has 0 saturated heterocycles. The van der Waals surface area contributed by atoms with Crippen molar-refractivity contribution in [2.24, 2.45) is 0 Å². The van der Waals surface area contributed by atoms with Crippen molar-refractivity contribution in [3.05, 3.63) is 65.9 Å². The van der Waals surface area contributed by atoms with E-state index in [0.717, 1.165) is 11.4 Å². The molecule has 0 N–H and O–H groups in total. The van der Waals surface area contributed by atoms with E-state index in [0.29, 0.717) is 0 Å². The number of hydrogen-bond donors (Lipinski definition) is 0. The number of nitrogens with zero attached hydrogens (tertiary/aromatic N) is 1. The average Bonchev–Trinajstić information content (AvgIpc) is 2.23. The summed E-state index contributed by atoms with van der Waals surface area (Å²) < 4.78 is 0. The minimum absolute atomic E-state index is 0. The second-order valence-corrected chi connectivity index (χ2v) is 3.69. The number of allylic oxidation sites excluding steroid dienone is 3. The minimum Gasteiger partial charge on any atom is -0.379 e. The molecule has 79 valence electrons. The van der Waals surface area contributed by atoms with Crippen LogP contribution in [0.15, 0.2) is 48.7 Å². The summed E-state index contributed by atoms with van der Waals surface area (Å²) in [6, 6.07) is 8.32. The van der Waals surface area contributed by atoms with E-state index in [9.17, 15) is 0 Å². The maximum Gasteiger partial charge on any atom is 0.00844 e. The van der Waals surface area contributed by atoms with Crippen LogP contribution in [0.4, 0.5) is 0 Å². The molecule has 1 heterocycles. The summed E-state index contributed by atoms with van der Waals surface area (Å²) in [4.78, 5) is 2.06. The first-order chi connectivity index (χ1) is 7.20. The summed E-state index contributed by atoms with van der Waals surface area (Å²) in [5, 5.41) is 0. The Bertz CT molecular complexity index is 458. The van der Waals surface area contributed by atoms with Crippen LogP contribution in [-0.2, 0) is 32.7 Å². The molecule has 0 unspecified atom stereocenters. The summed E-state index contributed by atoms with van der Waals surface area (Å²) in [5.74, 6) is 0. The SMILES string of the molecule is C=C1C=C[C-]=C(c2ccccc2C)N1C.[Y]. The number of aryl methyl sites for hydroxylation is 1. The van der Waals surface area contributed by atoms with Gasteiger partial charge in [-0.15, -0.1) is 12.1 Å². The number of hydrogen-bond acceptors (Lipinski definition) is 1. The van der Waals surface area contributed by atoms with Crippen molar-refractivity contribution in [1.82, 2.24) is 4.90 Å². The van der Waals surface area contributed by atoms with Gasteiger partial charge in [0.1, 0.15) is 0 Å². The maximum absolute atomic E-state index is 3.98. The molecule has 1 aliphatic rings. The summed E-state index contributed by atoms with van der Waals surface area (Å²) >= 11 is 0. The monoisotopic (exact) mass is 285 g/mol. The smallest absolute Gasteiger partial charge is 0.00844 e. The quantitative estimate of drug-likeness (QED) is 0.716. The second kappa shape index (κ2) is 5.61. The summed E-state index contributed by atoms with van der Waals surface area (Å²) in [6.45, 7) is 6.09. The third-order valence-electron chi connectivity index (χ3n) is 2.66. The van der Waals surface area contributed by atoms with Gasteiger partial charge in [0.15, 0.2) is 0 Å². The van der Waals surface area contributed by atoms with E-state index in [1.807, 2.05) is 31.3 Å². The zero-order valence-electron chi connectivity index (χ0n) is 9.70. The molecule has 1 aromatic carbocycles. The van der Waals surface area contributed by atoms with Gasteiger partial charge in [-0.25, -0.2) is 0 Å². The topological polar surface area (TPSA) is 3.24 Å². The molecule has 2 rings (SSSR count). The predicted octanol–water partition coefficient (Wildman–Crippen LogP) is 3.15.